The highest BCUT2D eigenvalue weighted by Gasteiger charge is 2.16. The summed E-state index contributed by atoms with van der Waals surface area (Å²) in [6.07, 6.45) is 98.3. The van der Waals surface area contributed by atoms with E-state index in [1.807, 2.05) is 0 Å². The molecule has 5 heteroatoms. The number of esters is 2. The Kier molecular flexibility index (Phi) is 64.8. The van der Waals surface area contributed by atoms with Crippen LogP contribution in [-0.4, -0.2) is 36.4 Å². The maximum atomic E-state index is 12.3. The van der Waals surface area contributed by atoms with Gasteiger partial charge in [0.05, 0.1) is 6.61 Å². The monoisotopic (exact) mass is 1080 g/mol. The first-order valence-electron chi connectivity index (χ1n) is 33.4. The van der Waals surface area contributed by atoms with Gasteiger partial charge in [0.2, 0.25) is 0 Å². The normalized spacial score (nSPS) is 12.9. The van der Waals surface area contributed by atoms with Gasteiger partial charge in [-0.3, -0.25) is 9.59 Å². The van der Waals surface area contributed by atoms with E-state index in [2.05, 4.69) is 123 Å². The molecule has 0 aliphatic rings. The number of hydrogen-bond donors (Lipinski definition) is 1. The zero-order chi connectivity index (χ0) is 56.2. The summed E-state index contributed by atoms with van der Waals surface area (Å²) in [5.74, 6) is -0.614. The lowest BCUT2D eigenvalue weighted by Gasteiger charge is -2.15. The topological polar surface area (TPSA) is 72.8 Å². The predicted octanol–water partition coefficient (Wildman–Crippen LogP) is 23.2. The Morgan fingerprint density at radius 3 is 0.833 bits per heavy atom. The Balaban J connectivity index is 3.45. The number of allylic oxidation sites excluding steroid dienone is 18. The number of unbranched alkanes of at least 4 members (excludes halogenated alkanes) is 35. The van der Waals surface area contributed by atoms with Crippen LogP contribution < -0.4 is 0 Å². The maximum absolute atomic E-state index is 12.3. The molecular weight excluding hydrogens is 957 g/mol. The van der Waals surface area contributed by atoms with E-state index in [9.17, 15) is 14.7 Å². The first kappa shape index (κ1) is 74.6. The fourth-order valence-corrected chi connectivity index (χ4v) is 9.57. The van der Waals surface area contributed by atoms with Gasteiger partial charge in [-0.25, -0.2) is 0 Å². The summed E-state index contributed by atoms with van der Waals surface area (Å²) in [4.78, 5) is 24.6. The minimum atomic E-state index is -0.792. The van der Waals surface area contributed by atoms with Gasteiger partial charge >= 0.3 is 11.9 Å². The molecule has 0 aliphatic heterocycles. The van der Waals surface area contributed by atoms with E-state index in [0.717, 1.165) is 103 Å². The highest BCUT2D eigenvalue weighted by molar-refractivity contribution is 5.70. The summed E-state index contributed by atoms with van der Waals surface area (Å²) >= 11 is 0. The van der Waals surface area contributed by atoms with Crippen molar-refractivity contribution >= 4 is 11.9 Å². The van der Waals surface area contributed by atoms with Crippen molar-refractivity contribution in [3.8, 4) is 0 Å². The number of aliphatic hydroxyl groups is 1. The summed E-state index contributed by atoms with van der Waals surface area (Å²) in [6.45, 7) is 4.01. The molecule has 0 saturated heterocycles. The molecule has 448 valence electrons. The second kappa shape index (κ2) is 67.8. The molecule has 0 aromatic heterocycles. The number of hydrogen-bond acceptors (Lipinski definition) is 5. The van der Waals surface area contributed by atoms with E-state index >= 15 is 0 Å². The van der Waals surface area contributed by atoms with Crippen molar-refractivity contribution in [3.63, 3.8) is 0 Å². The van der Waals surface area contributed by atoms with Gasteiger partial charge < -0.3 is 14.6 Å². The third-order valence-corrected chi connectivity index (χ3v) is 14.6. The molecule has 0 aromatic rings. The van der Waals surface area contributed by atoms with Gasteiger partial charge in [-0.15, -0.1) is 0 Å². The Labute approximate surface area is 484 Å². The Morgan fingerprint density at radius 2 is 0.551 bits per heavy atom. The molecule has 0 amide bonds. The smallest absolute Gasteiger partial charge is 0.306 e. The van der Waals surface area contributed by atoms with Gasteiger partial charge in [-0.1, -0.05) is 316 Å². The Morgan fingerprint density at radius 1 is 0.308 bits per heavy atom. The van der Waals surface area contributed by atoms with Gasteiger partial charge in [-0.05, 0) is 103 Å². The first-order chi connectivity index (χ1) is 38.6. The lowest BCUT2D eigenvalue weighted by atomic mass is 10.0. The Bertz CT molecular complexity index is 1510. The predicted molar refractivity (Wildman–Crippen MR) is 343 cm³/mol. The third-order valence-electron chi connectivity index (χ3n) is 14.6. The summed E-state index contributed by atoms with van der Waals surface area (Å²) in [5, 5.41) is 9.67. The second-order valence-corrected chi connectivity index (χ2v) is 22.2. The highest BCUT2D eigenvalue weighted by Crippen LogP contribution is 2.17. The van der Waals surface area contributed by atoms with Crippen LogP contribution in [0.15, 0.2) is 109 Å². The van der Waals surface area contributed by atoms with Crippen LogP contribution >= 0.6 is 0 Å². The molecule has 78 heavy (non-hydrogen) atoms. The van der Waals surface area contributed by atoms with Crippen LogP contribution in [0, 0.1) is 0 Å². The molecule has 0 aliphatic carbocycles. The molecule has 1 N–H and O–H groups in total. The largest absolute Gasteiger partial charge is 0.462 e. The summed E-state index contributed by atoms with van der Waals surface area (Å²) < 4.78 is 10.7. The molecule has 0 aromatic carbocycles. The lowest BCUT2D eigenvalue weighted by Crippen LogP contribution is -2.28. The lowest BCUT2D eigenvalue weighted by molar-refractivity contribution is -0.161. The van der Waals surface area contributed by atoms with E-state index < -0.39 is 6.10 Å². The van der Waals surface area contributed by atoms with Crippen molar-refractivity contribution in [2.45, 2.75) is 328 Å². The number of carbonyl (C=O) groups excluding carboxylic acids is 2. The maximum Gasteiger partial charge on any atom is 0.306 e. The van der Waals surface area contributed by atoms with E-state index in [1.165, 1.54) is 193 Å². The van der Waals surface area contributed by atoms with E-state index in [-0.39, 0.29) is 25.2 Å². The number of carbonyl (C=O) groups is 2. The van der Waals surface area contributed by atoms with Crippen LogP contribution in [0.2, 0.25) is 0 Å². The zero-order valence-electron chi connectivity index (χ0n) is 51.4. The standard InChI is InChI=1S/C73H126O5/c1-3-5-7-9-11-13-15-17-19-21-23-25-27-28-29-30-31-32-33-34-35-36-37-38-39-40-41-42-43-44-46-47-49-51-53-55-57-59-61-63-65-67-72(75)77-70-71(69-74)78-73(76)68-66-64-62-60-58-56-54-52-50-48-45-26-24-22-20-18-16-14-12-10-8-6-4-2/h6,8,12,14-15,17-18,20-21,23-24,26-28,48,50,54,56,71,74H,3-5,7,9-11,13,16,19,22,25,29-47,49,51-53,55,57-70H2,1-2H3/b8-6-,14-12-,17-15-,20-18-,23-21-,26-24-,28-27-,50-48-,56-54-. The molecule has 1 unspecified atom stereocenters. The quantitative estimate of drug-likeness (QED) is 0.0373. The summed E-state index contributed by atoms with van der Waals surface area (Å²) in [6, 6.07) is 0. The minimum Gasteiger partial charge on any atom is -0.462 e. The number of rotatable bonds is 61. The van der Waals surface area contributed by atoms with Crippen molar-refractivity contribution in [2.75, 3.05) is 13.2 Å². The summed E-state index contributed by atoms with van der Waals surface area (Å²) in [7, 11) is 0. The fraction of sp³-hybridized carbons (Fsp3) is 0.726. The van der Waals surface area contributed by atoms with Crippen LogP contribution in [0.5, 0.6) is 0 Å². The highest BCUT2D eigenvalue weighted by atomic mass is 16.6. The first-order valence-corrected chi connectivity index (χ1v) is 33.4. The average Bonchev–Trinajstić information content (AvgIpc) is 3.44. The van der Waals surface area contributed by atoms with Crippen LogP contribution in [0.4, 0.5) is 0 Å². The zero-order valence-corrected chi connectivity index (χ0v) is 51.4. The third kappa shape index (κ3) is 65.1. The van der Waals surface area contributed by atoms with Crippen molar-refractivity contribution in [1.29, 1.82) is 0 Å². The molecule has 0 fully saturated rings. The van der Waals surface area contributed by atoms with Crippen LogP contribution in [0.25, 0.3) is 0 Å². The molecule has 0 rings (SSSR count). The van der Waals surface area contributed by atoms with Crippen LogP contribution in [-0.2, 0) is 19.1 Å². The van der Waals surface area contributed by atoms with Crippen molar-refractivity contribution in [3.05, 3.63) is 109 Å². The molecule has 0 spiro atoms. The van der Waals surface area contributed by atoms with Crippen LogP contribution in [0.1, 0.15) is 322 Å². The minimum absolute atomic E-state index is 0.0790. The fourth-order valence-electron chi connectivity index (χ4n) is 9.57. The van der Waals surface area contributed by atoms with E-state index in [1.54, 1.807) is 0 Å². The van der Waals surface area contributed by atoms with Crippen molar-refractivity contribution < 1.29 is 24.2 Å². The van der Waals surface area contributed by atoms with E-state index in [4.69, 9.17) is 9.47 Å². The van der Waals surface area contributed by atoms with Gasteiger partial charge in [-0.2, -0.15) is 0 Å². The SMILES string of the molecule is CC/C=C\C/C=C\C/C=C\C/C=C\C/C=C\C/C=C\CCCCCCC(=O)OC(CO)COC(=O)CCCCCCCCCCCCCCCCCCCCCCCCCCCC/C=C\C/C=C\C/C=C\CCCCCCC. The van der Waals surface area contributed by atoms with Crippen molar-refractivity contribution in [2.24, 2.45) is 0 Å². The van der Waals surface area contributed by atoms with Crippen molar-refractivity contribution in [1.82, 2.24) is 0 Å². The number of ether oxygens (including phenoxy) is 2. The summed E-state index contributed by atoms with van der Waals surface area (Å²) in [5.41, 5.74) is 0. The Hall–Kier alpha value is -3.44. The van der Waals surface area contributed by atoms with Gasteiger partial charge in [0, 0.05) is 12.8 Å². The molecule has 0 saturated carbocycles. The van der Waals surface area contributed by atoms with Gasteiger partial charge in [0.1, 0.15) is 6.61 Å². The molecule has 0 radical (unpaired) electrons. The molecule has 5 nitrogen and oxygen atoms in total. The average molecular weight is 1080 g/mol. The molecule has 0 heterocycles. The molecule has 1 atom stereocenters. The molecular formula is C73H126O5. The van der Waals surface area contributed by atoms with Gasteiger partial charge in [0.15, 0.2) is 6.10 Å². The van der Waals surface area contributed by atoms with Crippen LogP contribution in [0.3, 0.4) is 0 Å². The van der Waals surface area contributed by atoms with E-state index in [0.29, 0.717) is 12.8 Å². The molecule has 0 bridgehead atoms. The second-order valence-electron chi connectivity index (χ2n) is 22.2. The number of aliphatic hydroxyl groups excluding tert-OH is 1. The van der Waals surface area contributed by atoms with Gasteiger partial charge in [0.25, 0.3) is 0 Å².